The Balaban J connectivity index is 1.59. The predicted molar refractivity (Wildman–Crippen MR) is 99.4 cm³/mol. The third-order valence-electron chi connectivity index (χ3n) is 5.42. The number of carbonyl (C=O) groups is 2. The zero-order valence-electron chi connectivity index (χ0n) is 15.2. The maximum atomic E-state index is 13.2. The maximum Gasteiger partial charge on any atom is 0.243 e. The van der Waals surface area contributed by atoms with E-state index in [1.165, 1.54) is 0 Å². The highest BCUT2D eigenvalue weighted by molar-refractivity contribution is 5.87. The summed E-state index contributed by atoms with van der Waals surface area (Å²) in [5.41, 5.74) is 2.24. The Morgan fingerprint density at radius 2 is 1.85 bits per heavy atom. The fourth-order valence-electron chi connectivity index (χ4n) is 3.83. The standard InChI is InChI=1S/C21H25N3O2/c1-2-22(21(26)17-10-11-17)15-19(25)24-14-13-23-12-6-9-18(23)20(24)16-7-4-3-5-8-16/h3-9,12,17,20H,2,10-11,13-15H2,1H3. The van der Waals surface area contributed by atoms with Gasteiger partial charge < -0.3 is 14.4 Å². The van der Waals surface area contributed by atoms with E-state index in [4.69, 9.17) is 0 Å². The van der Waals surface area contributed by atoms with E-state index in [2.05, 4.69) is 29.0 Å². The minimum atomic E-state index is -0.0952. The van der Waals surface area contributed by atoms with Gasteiger partial charge in [0.2, 0.25) is 11.8 Å². The number of aromatic nitrogens is 1. The van der Waals surface area contributed by atoms with Crippen molar-refractivity contribution in [3.05, 3.63) is 59.9 Å². The minimum Gasteiger partial charge on any atom is -0.348 e. The second-order valence-corrected chi connectivity index (χ2v) is 7.15. The minimum absolute atomic E-state index is 0.0298. The smallest absolute Gasteiger partial charge is 0.243 e. The first-order chi connectivity index (χ1) is 12.7. The van der Waals surface area contributed by atoms with Crippen LogP contribution in [0.5, 0.6) is 0 Å². The predicted octanol–water partition coefficient (Wildman–Crippen LogP) is 2.68. The van der Waals surface area contributed by atoms with Crippen molar-refractivity contribution in [2.24, 2.45) is 5.92 Å². The maximum absolute atomic E-state index is 13.2. The molecule has 1 fully saturated rings. The lowest BCUT2D eigenvalue weighted by Gasteiger charge is -2.38. The fourth-order valence-corrected chi connectivity index (χ4v) is 3.83. The fraction of sp³-hybridized carbons (Fsp3) is 0.429. The van der Waals surface area contributed by atoms with E-state index in [0.717, 1.165) is 30.6 Å². The van der Waals surface area contributed by atoms with E-state index in [9.17, 15) is 9.59 Å². The number of nitrogens with zero attached hydrogens (tertiary/aromatic N) is 3. The number of likely N-dealkylation sites (N-methyl/N-ethyl adjacent to an activating group) is 1. The van der Waals surface area contributed by atoms with Crippen molar-refractivity contribution in [2.75, 3.05) is 19.6 Å². The summed E-state index contributed by atoms with van der Waals surface area (Å²) in [5, 5.41) is 0. The van der Waals surface area contributed by atoms with Crippen molar-refractivity contribution < 1.29 is 9.59 Å². The highest BCUT2D eigenvalue weighted by Gasteiger charge is 2.36. The van der Waals surface area contributed by atoms with Crippen LogP contribution in [0.1, 0.15) is 37.1 Å². The van der Waals surface area contributed by atoms with Gasteiger partial charge in [-0.05, 0) is 37.5 Å². The zero-order chi connectivity index (χ0) is 18.1. The zero-order valence-corrected chi connectivity index (χ0v) is 15.2. The van der Waals surface area contributed by atoms with E-state index in [-0.39, 0.29) is 30.3 Å². The molecule has 0 bridgehead atoms. The van der Waals surface area contributed by atoms with E-state index < -0.39 is 0 Å². The molecule has 5 nitrogen and oxygen atoms in total. The monoisotopic (exact) mass is 351 g/mol. The normalized spacial score (nSPS) is 19.1. The molecular formula is C21H25N3O2. The van der Waals surface area contributed by atoms with Crippen LogP contribution in [-0.4, -0.2) is 45.8 Å². The highest BCUT2D eigenvalue weighted by atomic mass is 16.2. The van der Waals surface area contributed by atoms with Gasteiger partial charge in [-0.1, -0.05) is 30.3 Å². The number of hydrogen-bond donors (Lipinski definition) is 0. The van der Waals surface area contributed by atoms with Gasteiger partial charge >= 0.3 is 0 Å². The summed E-state index contributed by atoms with van der Waals surface area (Å²) in [6.45, 7) is 4.16. The van der Waals surface area contributed by atoms with Crippen LogP contribution in [-0.2, 0) is 16.1 Å². The van der Waals surface area contributed by atoms with Crippen LogP contribution < -0.4 is 0 Å². The van der Waals surface area contributed by atoms with Gasteiger partial charge in [0.25, 0.3) is 0 Å². The third-order valence-corrected chi connectivity index (χ3v) is 5.42. The number of fused-ring (bicyclic) bond motifs is 1. The quantitative estimate of drug-likeness (QED) is 0.831. The van der Waals surface area contributed by atoms with Crippen molar-refractivity contribution in [2.45, 2.75) is 32.4 Å². The second-order valence-electron chi connectivity index (χ2n) is 7.15. The van der Waals surface area contributed by atoms with Crippen LogP contribution >= 0.6 is 0 Å². The molecule has 2 aliphatic rings. The van der Waals surface area contributed by atoms with Gasteiger partial charge in [-0.25, -0.2) is 0 Å². The van der Waals surface area contributed by atoms with Crippen LogP contribution in [0.15, 0.2) is 48.7 Å². The molecule has 1 unspecified atom stereocenters. The summed E-state index contributed by atoms with van der Waals surface area (Å²) >= 11 is 0. The number of carbonyl (C=O) groups excluding carboxylic acids is 2. The Hall–Kier alpha value is -2.56. The number of hydrogen-bond acceptors (Lipinski definition) is 2. The molecule has 1 atom stereocenters. The summed E-state index contributed by atoms with van der Waals surface area (Å²) in [4.78, 5) is 29.2. The van der Waals surface area contributed by atoms with Gasteiger partial charge in [0.1, 0.15) is 0 Å². The van der Waals surface area contributed by atoms with Crippen LogP contribution in [0.2, 0.25) is 0 Å². The lowest BCUT2D eigenvalue weighted by atomic mass is 10.00. The van der Waals surface area contributed by atoms with Crippen LogP contribution in [0.3, 0.4) is 0 Å². The van der Waals surface area contributed by atoms with E-state index in [1.807, 2.05) is 36.1 Å². The largest absolute Gasteiger partial charge is 0.348 e. The Kier molecular flexibility index (Phi) is 4.53. The lowest BCUT2D eigenvalue weighted by molar-refractivity contribution is -0.142. The first-order valence-corrected chi connectivity index (χ1v) is 9.47. The van der Waals surface area contributed by atoms with Crippen molar-refractivity contribution in [1.82, 2.24) is 14.4 Å². The molecule has 5 heteroatoms. The summed E-state index contributed by atoms with van der Waals surface area (Å²) in [6, 6.07) is 14.2. The van der Waals surface area contributed by atoms with Gasteiger partial charge in [-0.2, -0.15) is 0 Å². The SMILES string of the molecule is CCN(CC(=O)N1CCn2cccc2C1c1ccccc1)C(=O)C1CC1. The first kappa shape index (κ1) is 16.9. The van der Waals surface area contributed by atoms with E-state index in [1.54, 1.807) is 4.90 Å². The van der Waals surface area contributed by atoms with Gasteiger partial charge in [-0.15, -0.1) is 0 Å². The molecule has 1 aromatic heterocycles. The van der Waals surface area contributed by atoms with Gasteiger partial charge in [0, 0.05) is 37.4 Å². The molecule has 0 saturated heterocycles. The summed E-state index contributed by atoms with van der Waals surface area (Å²) < 4.78 is 2.22. The third kappa shape index (κ3) is 3.14. The van der Waals surface area contributed by atoms with Crippen molar-refractivity contribution >= 4 is 11.8 Å². The summed E-state index contributed by atoms with van der Waals surface area (Å²) in [5.74, 6) is 0.311. The van der Waals surface area contributed by atoms with Crippen LogP contribution in [0.4, 0.5) is 0 Å². The Bertz CT molecular complexity index is 795. The number of amides is 2. The number of benzene rings is 1. The molecule has 4 rings (SSSR count). The topological polar surface area (TPSA) is 45.6 Å². The summed E-state index contributed by atoms with van der Waals surface area (Å²) in [7, 11) is 0. The molecule has 1 aliphatic heterocycles. The first-order valence-electron chi connectivity index (χ1n) is 9.47. The van der Waals surface area contributed by atoms with Crippen molar-refractivity contribution in [3.8, 4) is 0 Å². The average molecular weight is 351 g/mol. The lowest BCUT2D eigenvalue weighted by Crippen LogP contribution is -2.48. The van der Waals surface area contributed by atoms with Gasteiger partial charge in [-0.3, -0.25) is 9.59 Å². The molecule has 2 aromatic rings. The molecule has 26 heavy (non-hydrogen) atoms. The molecule has 136 valence electrons. The summed E-state index contributed by atoms with van der Waals surface area (Å²) in [6.07, 6.45) is 4.00. The van der Waals surface area contributed by atoms with E-state index >= 15 is 0 Å². The molecular weight excluding hydrogens is 326 g/mol. The highest BCUT2D eigenvalue weighted by Crippen LogP contribution is 2.33. The molecule has 0 radical (unpaired) electrons. The van der Waals surface area contributed by atoms with E-state index in [0.29, 0.717) is 13.1 Å². The molecule has 1 aliphatic carbocycles. The molecule has 2 amide bonds. The molecule has 0 spiro atoms. The van der Waals surface area contributed by atoms with Crippen LogP contribution in [0, 0.1) is 5.92 Å². The Labute approximate surface area is 154 Å². The van der Waals surface area contributed by atoms with Crippen molar-refractivity contribution in [1.29, 1.82) is 0 Å². The Morgan fingerprint density at radius 1 is 1.08 bits per heavy atom. The van der Waals surface area contributed by atoms with Gasteiger partial charge in [0.15, 0.2) is 0 Å². The second kappa shape index (κ2) is 6.98. The molecule has 1 saturated carbocycles. The molecule has 2 heterocycles. The molecule has 0 N–H and O–H groups in total. The Morgan fingerprint density at radius 3 is 2.54 bits per heavy atom. The van der Waals surface area contributed by atoms with Crippen molar-refractivity contribution in [3.63, 3.8) is 0 Å². The van der Waals surface area contributed by atoms with Gasteiger partial charge in [0.05, 0.1) is 12.6 Å². The molecule has 1 aromatic carbocycles. The average Bonchev–Trinajstić information content (AvgIpc) is 3.42. The van der Waals surface area contributed by atoms with Crippen LogP contribution in [0.25, 0.3) is 0 Å². The number of rotatable bonds is 5.